The van der Waals surface area contributed by atoms with Crippen LogP contribution in [0.4, 0.5) is 0 Å². The fourth-order valence-corrected chi connectivity index (χ4v) is 3.30. The molecular weight excluding hydrogens is 442 g/mol. The molecule has 23 heavy (non-hydrogen) atoms. The van der Waals surface area contributed by atoms with Crippen LogP contribution in [0.25, 0.3) is 11.3 Å². The summed E-state index contributed by atoms with van der Waals surface area (Å²) >= 11 is 14.5. The lowest BCUT2D eigenvalue weighted by atomic mass is 10.1. The first-order valence-electron chi connectivity index (χ1n) is 7.36. The molecular formula is C18H15Cl2IN2. The van der Waals surface area contributed by atoms with Crippen molar-refractivity contribution in [3.05, 3.63) is 73.7 Å². The minimum atomic E-state index is 0.620. The first-order chi connectivity index (χ1) is 11.1. The number of imidazole rings is 1. The van der Waals surface area contributed by atoms with E-state index in [1.807, 2.05) is 18.3 Å². The Balaban J connectivity index is 1.62. The van der Waals surface area contributed by atoms with Crippen LogP contribution < -0.4 is 0 Å². The molecule has 1 heterocycles. The molecule has 1 N–H and O–H groups in total. The Morgan fingerprint density at radius 1 is 1.00 bits per heavy atom. The Labute approximate surface area is 159 Å². The van der Waals surface area contributed by atoms with Crippen LogP contribution in [-0.4, -0.2) is 9.97 Å². The first-order valence-corrected chi connectivity index (χ1v) is 9.19. The first kappa shape index (κ1) is 16.8. The normalized spacial score (nSPS) is 10.9. The van der Waals surface area contributed by atoms with Crippen molar-refractivity contribution in [2.24, 2.45) is 0 Å². The average Bonchev–Trinajstić information content (AvgIpc) is 2.98. The second-order valence-electron chi connectivity index (χ2n) is 5.34. The molecule has 118 valence electrons. The van der Waals surface area contributed by atoms with Crippen molar-refractivity contribution in [1.29, 1.82) is 0 Å². The van der Waals surface area contributed by atoms with Crippen LogP contribution >= 0.6 is 45.8 Å². The molecule has 0 atom stereocenters. The molecule has 2 nitrogen and oxygen atoms in total. The van der Waals surface area contributed by atoms with E-state index >= 15 is 0 Å². The number of rotatable bonds is 5. The third-order valence-corrected chi connectivity index (χ3v) is 4.90. The van der Waals surface area contributed by atoms with Gasteiger partial charge in [-0.25, -0.2) is 4.98 Å². The van der Waals surface area contributed by atoms with Crippen molar-refractivity contribution < 1.29 is 0 Å². The van der Waals surface area contributed by atoms with Crippen LogP contribution in [0.2, 0.25) is 10.0 Å². The van der Waals surface area contributed by atoms with Crippen LogP contribution in [0.3, 0.4) is 0 Å². The van der Waals surface area contributed by atoms with Gasteiger partial charge in [-0.15, -0.1) is 0 Å². The number of hydrogen-bond acceptors (Lipinski definition) is 1. The maximum Gasteiger partial charge on any atom is 0.106 e. The van der Waals surface area contributed by atoms with Crippen LogP contribution in [0.1, 0.15) is 17.8 Å². The van der Waals surface area contributed by atoms with E-state index in [1.54, 1.807) is 6.07 Å². The highest BCUT2D eigenvalue weighted by atomic mass is 127. The van der Waals surface area contributed by atoms with Crippen LogP contribution in [0.15, 0.2) is 48.7 Å². The van der Waals surface area contributed by atoms with Gasteiger partial charge in [0.25, 0.3) is 0 Å². The maximum atomic E-state index is 6.23. The Morgan fingerprint density at radius 2 is 1.78 bits per heavy atom. The molecule has 2 aromatic carbocycles. The molecule has 0 saturated carbocycles. The third-order valence-electron chi connectivity index (χ3n) is 3.63. The maximum absolute atomic E-state index is 6.23. The predicted octanol–water partition coefficient (Wildman–Crippen LogP) is 6.16. The molecule has 0 aliphatic rings. The number of nitrogens with one attached hydrogen (secondary N) is 1. The fraction of sp³-hybridized carbons (Fsp3) is 0.167. The summed E-state index contributed by atoms with van der Waals surface area (Å²) in [4.78, 5) is 7.87. The van der Waals surface area contributed by atoms with Crippen molar-refractivity contribution in [3.63, 3.8) is 0 Å². The number of halogens is 3. The van der Waals surface area contributed by atoms with E-state index in [0.717, 1.165) is 36.3 Å². The summed E-state index contributed by atoms with van der Waals surface area (Å²) in [5.74, 6) is 0.983. The highest BCUT2D eigenvalue weighted by Crippen LogP contribution is 2.29. The van der Waals surface area contributed by atoms with Crippen LogP contribution in [-0.2, 0) is 12.8 Å². The molecule has 0 radical (unpaired) electrons. The van der Waals surface area contributed by atoms with Gasteiger partial charge in [0, 0.05) is 26.8 Å². The van der Waals surface area contributed by atoms with Gasteiger partial charge < -0.3 is 4.98 Å². The topological polar surface area (TPSA) is 28.7 Å². The van der Waals surface area contributed by atoms with Crippen molar-refractivity contribution in [2.45, 2.75) is 19.3 Å². The van der Waals surface area contributed by atoms with Crippen molar-refractivity contribution in [2.75, 3.05) is 0 Å². The number of hydrogen-bond donors (Lipinski definition) is 1. The van der Waals surface area contributed by atoms with E-state index in [0.29, 0.717) is 10.0 Å². The molecule has 5 heteroatoms. The third kappa shape index (κ3) is 4.49. The molecule has 0 fully saturated rings. The van der Waals surface area contributed by atoms with Gasteiger partial charge in [0.05, 0.1) is 10.7 Å². The van der Waals surface area contributed by atoms with Gasteiger partial charge in [-0.3, -0.25) is 0 Å². The zero-order chi connectivity index (χ0) is 16.2. The standard InChI is InChI=1S/C18H15Cl2IN2/c19-13-6-9-15(16(20)10-13)17-11-22-18(23-17)3-1-2-12-4-7-14(21)8-5-12/h4-11H,1-3H2,(H,22,23). The number of H-pyrrole nitrogens is 1. The van der Waals surface area contributed by atoms with Gasteiger partial charge in [-0.2, -0.15) is 0 Å². The predicted molar refractivity (Wildman–Crippen MR) is 105 cm³/mol. The Kier molecular flexibility index (Phi) is 5.62. The average molecular weight is 457 g/mol. The molecule has 3 aromatic rings. The highest BCUT2D eigenvalue weighted by molar-refractivity contribution is 14.1. The van der Waals surface area contributed by atoms with Crippen molar-refractivity contribution in [1.82, 2.24) is 9.97 Å². The summed E-state index contributed by atoms with van der Waals surface area (Å²) in [7, 11) is 0. The summed E-state index contributed by atoms with van der Waals surface area (Å²) in [6.45, 7) is 0. The van der Waals surface area contributed by atoms with Crippen molar-refractivity contribution >= 4 is 45.8 Å². The van der Waals surface area contributed by atoms with Gasteiger partial charge >= 0.3 is 0 Å². The molecule has 0 bridgehead atoms. The quantitative estimate of drug-likeness (QED) is 0.457. The summed E-state index contributed by atoms with van der Waals surface area (Å²) in [5.41, 5.74) is 3.12. The summed E-state index contributed by atoms with van der Waals surface area (Å²) < 4.78 is 1.27. The molecule has 0 amide bonds. The van der Waals surface area contributed by atoms with Crippen molar-refractivity contribution in [3.8, 4) is 11.3 Å². The fourth-order valence-electron chi connectivity index (χ4n) is 2.44. The Hall–Kier alpha value is -1.04. The lowest BCUT2D eigenvalue weighted by Gasteiger charge is -2.01. The minimum absolute atomic E-state index is 0.620. The van der Waals surface area contributed by atoms with Gasteiger partial charge in [-0.05, 0) is 71.3 Å². The molecule has 1 aromatic heterocycles. The molecule has 0 saturated heterocycles. The van der Waals surface area contributed by atoms with Crippen LogP contribution in [0.5, 0.6) is 0 Å². The number of aryl methyl sites for hydroxylation is 2. The van der Waals surface area contributed by atoms with Gasteiger partial charge in [-0.1, -0.05) is 35.3 Å². The Bertz CT molecular complexity index is 797. The molecule has 0 unspecified atom stereocenters. The second kappa shape index (κ2) is 7.69. The van der Waals surface area contributed by atoms with Gasteiger partial charge in [0.2, 0.25) is 0 Å². The van der Waals surface area contributed by atoms with E-state index < -0.39 is 0 Å². The summed E-state index contributed by atoms with van der Waals surface area (Å²) in [5, 5.41) is 1.25. The van der Waals surface area contributed by atoms with Crippen LogP contribution in [0, 0.1) is 3.57 Å². The monoisotopic (exact) mass is 456 g/mol. The van der Waals surface area contributed by atoms with E-state index in [-0.39, 0.29) is 0 Å². The van der Waals surface area contributed by atoms with Gasteiger partial charge in [0.1, 0.15) is 5.82 Å². The molecule has 3 rings (SSSR count). The number of aromatic nitrogens is 2. The highest BCUT2D eigenvalue weighted by Gasteiger charge is 2.08. The smallest absolute Gasteiger partial charge is 0.106 e. The largest absolute Gasteiger partial charge is 0.348 e. The number of nitrogens with zero attached hydrogens (tertiary/aromatic N) is 1. The van der Waals surface area contributed by atoms with E-state index in [9.17, 15) is 0 Å². The summed E-state index contributed by atoms with van der Waals surface area (Å²) in [6, 6.07) is 14.1. The lowest BCUT2D eigenvalue weighted by molar-refractivity contribution is 0.783. The summed E-state index contributed by atoms with van der Waals surface area (Å²) in [6.07, 6.45) is 4.92. The SMILES string of the molecule is Clc1ccc(-c2c[nH]c(CCCc3ccc(I)cc3)n2)c(Cl)c1. The molecule has 0 aliphatic carbocycles. The Morgan fingerprint density at radius 3 is 2.52 bits per heavy atom. The molecule has 0 spiro atoms. The zero-order valence-corrected chi connectivity index (χ0v) is 16.0. The van der Waals surface area contributed by atoms with Gasteiger partial charge in [0.15, 0.2) is 0 Å². The number of benzene rings is 2. The second-order valence-corrected chi connectivity index (χ2v) is 7.43. The molecule has 0 aliphatic heterocycles. The van der Waals surface area contributed by atoms with E-state index in [2.05, 4.69) is 56.8 Å². The minimum Gasteiger partial charge on any atom is -0.348 e. The number of aromatic amines is 1. The lowest BCUT2D eigenvalue weighted by Crippen LogP contribution is -1.92. The van der Waals surface area contributed by atoms with E-state index in [4.69, 9.17) is 23.2 Å². The zero-order valence-electron chi connectivity index (χ0n) is 12.3. The van der Waals surface area contributed by atoms with E-state index in [1.165, 1.54) is 9.13 Å².